The van der Waals surface area contributed by atoms with Gasteiger partial charge in [-0.05, 0) is 44.0 Å². The highest BCUT2D eigenvalue weighted by Crippen LogP contribution is 2.31. The van der Waals surface area contributed by atoms with Crippen molar-refractivity contribution in [3.8, 4) is 5.75 Å². The van der Waals surface area contributed by atoms with E-state index in [9.17, 15) is 14.4 Å². The summed E-state index contributed by atoms with van der Waals surface area (Å²) in [6.07, 6.45) is 0. The topological polar surface area (TPSA) is 84.9 Å². The summed E-state index contributed by atoms with van der Waals surface area (Å²) in [6, 6.07) is 4.63. The fourth-order valence-electron chi connectivity index (χ4n) is 2.56. The number of urea groups is 1. The number of ether oxygens (including phenoxy) is 2. The fraction of sp³-hybridized carbons (Fsp3) is 0.438. The lowest BCUT2D eigenvalue weighted by molar-refractivity contribution is -0.147. The Bertz CT molecular complexity index is 658. The summed E-state index contributed by atoms with van der Waals surface area (Å²) in [5.74, 6) is -0.413. The minimum absolute atomic E-state index is 0.192. The Labute approximate surface area is 134 Å². The molecule has 0 bridgehead atoms. The molecule has 0 spiro atoms. The number of hydrogen-bond donors (Lipinski definition) is 1. The van der Waals surface area contributed by atoms with Gasteiger partial charge in [-0.1, -0.05) is 6.07 Å². The van der Waals surface area contributed by atoms with Crippen molar-refractivity contribution in [3.63, 3.8) is 0 Å². The van der Waals surface area contributed by atoms with Crippen LogP contribution in [0.3, 0.4) is 0 Å². The first-order valence-corrected chi connectivity index (χ1v) is 7.28. The number of rotatable bonds is 5. The average Bonchev–Trinajstić information content (AvgIpc) is 2.72. The number of imide groups is 1. The van der Waals surface area contributed by atoms with Gasteiger partial charge in [0.05, 0.1) is 13.7 Å². The lowest BCUT2D eigenvalue weighted by atomic mass is 9.90. The number of methoxy groups -OCH3 is 1. The van der Waals surface area contributed by atoms with Gasteiger partial charge in [0.2, 0.25) is 0 Å². The number of amides is 3. The first kappa shape index (κ1) is 16.8. The first-order valence-electron chi connectivity index (χ1n) is 7.28. The van der Waals surface area contributed by atoms with Gasteiger partial charge in [-0.2, -0.15) is 0 Å². The number of benzene rings is 1. The van der Waals surface area contributed by atoms with Crippen molar-refractivity contribution in [2.75, 3.05) is 20.3 Å². The van der Waals surface area contributed by atoms with Crippen LogP contribution in [0.2, 0.25) is 0 Å². The molecule has 0 radical (unpaired) electrons. The SMILES string of the molecule is CCOC(=O)CN1C(=O)N[C@@](C)(c2ccc(OC)c(C)c2)C1=O. The van der Waals surface area contributed by atoms with E-state index in [1.807, 2.05) is 6.92 Å². The second kappa shape index (κ2) is 6.28. The zero-order valence-corrected chi connectivity index (χ0v) is 13.6. The number of aryl methyl sites for hydroxylation is 1. The monoisotopic (exact) mass is 320 g/mol. The number of hydrogen-bond acceptors (Lipinski definition) is 5. The summed E-state index contributed by atoms with van der Waals surface area (Å²) in [6.45, 7) is 4.91. The van der Waals surface area contributed by atoms with Gasteiger partial charge in [-0.15, -0.1) is 0 Å². The molecule has 124 valence electrons. The Kier molecular flexibility index (Phi) is 4.58. The minimum atomic E-state index is -1.22. The van der Waals surface area contributed by atoms with E-state index in [1.165, 1.54) is 0 Å². The third-order valence-electron chi connectivity index (χ3n) is 3.84. The summed E-state index contributed by atoms with van der Waals surface area (Å²) < 4.78 is 9.99. The Morgan fingerprint density at radius 2 is 2.04 bits per heavy atom. The quantitative estimate of drug-likeness (QED) is 0.653. The summed E-state index contributed by atoms with van der Waals surface area (Å²) >= 11 is 0. The molecule has 1 saturated heterocycles. The third kappa shape index (κ3) is 2.99. The van der Waals surface area contributed by atoms with Gasteiger partial charge < -0.3 is 14.8 Å². The summed E-state index contributed by atoms with van der Waals surface area (Å²) in [5.41, 5.74) is 0.248. The molecule has 1 N–H and O–H groups in total. The highest BCUT2D eigenvalue weighted by Gasteiger charge is 2.49. The van der Waals surface area contributed by atoms with Crippen LogP contribution in [0, 0.1) is 6.92 Å². The van der Waals surface area contributed by atoms with Gasteiger partial charge >= 0.3 is 12.0 Å². The molecule has 2 rings (SSSR count). The van der Waals surface area contributed by atoms with E-state index in [0.29, 0.717) is 11.3 Å². The highest BCUT2D eigenvalue weighted by molar-refractivity contribution is 6.08. The summed E-state index contributed by atoms with van der Waals surface area (Å²) in [7, 11) is 1.56. The van der Waals surface area contributed by atoms with Crippen LogP contribution >= 0.6 is 0 Å². The largest absolute Gasteiger partial charge is 0.496 e. The van der Waals surface area contributed by atoms with Crippen molar-refractivity contribution in [3.05, 3.63) is 29.3 Å². The van der Waals surface area contributed by atoms with Crippen LogP contribution in [0.5, 0.6) is 5.75 Å². The average molecular weight is 320 g/mol. The molecule has 1 atom stereocenters. The predicted octanol–water partition coefficient (Wildman–Crippen LogP) is 1.33. The summed E-state index contributed by atoms with van der Waals surface area (Å²) in [4.78, 5) is 37.2. The molecule has 23 heavy (non-hydrogen) atoms. The van der Waals surface area contributed by atoms with Gasteiger partial charge in [-0.25, -0.2) is 4.79 Å². The molecule has 1 aliphatic heterocycles. The maximum absolute atomic E-state index is 12.6. The second-order valence-corrected chi connectivity index (χ2v) is 5.44. The van der Waals surface area contributed by atoms with Gasteiger partial charge in [0.25, 0.3) is 5.91 Å². The van der Waals surface area contributed by atoms with Crippen molar-refractivity contribution in [2.45, 2.75) is 26.3 Å². The van der Waals surface area contributed by atoms with E-state index in [1.54, 1.807) is 39.2 Å². The van der Waals surface area contributed by atoms with Crippen LogP contribution in [0.15, 0.2) is 18.2 Å². The zero-order valence-electron chi connectivity index (χ0n) is 13.6. The normalized spacial score (nSPS) is 20.4. The number of nitrogens with zero attached hydrogens (tertiary/aromatic N) is 1. The predicted molar refractivity (Wildman–Crippen MR) is 82.0 cm³/mol. The second-order valence-electron chi connectivity index (χ2n) is 5.44. The molecule has 1 aliphatic rings. The Hall–Kier alpha value is -2.57. The molecule has 0 aromatic heterocycles. The molecule has 1 fully saturated rings. The van der Waals surface area contributed by atoms with E-state index in [-0.39, 0.29) is 6.61 Å². The van der Waals surface area contributed by atoms with Crippen molar-refractivity contribution in [1.29, 1.82) is 0 Å². The Balaban J connectivity index is 2.29. The smallest absolute Gasteiger partial charge is 0.326 e. The maximum atomic E-state index is 12.6. The minimum Gasteiger partial charge on any atom is -0.496 e. The molecule has 0 unspecified atom stereocenters. The Morgan fingerprint density at radius 1 is 1.35 bits per heavy atom. The Morgan fingerprint density at radius 3 is 2.61 bits per heavy atom. The van der Waals surface area contributed by atoms with E-state index >= 15 is 0 Å². The third-order valence-corrected chi connectivity index (χ3v) is 3.84. The van der Waals surface area contributed by atoms with Gasteiger partial charge in [0.1, 0.15) is 17.8 Å². The van der Waals surface area contributed by atoms with Crippen molar-refractivity contribution in [1.82, 2.24) is 10.2 Å². The molecule has 3 amide bonds. The molecule has 1 aromatic rings. The highest BCUT2D eigenvalue weighted by atomic mass is 16.5. The van der Waals surface area contributed by atoms with Crippen LogP contribution < -0.4 is 10.1 Å². The van der Waals surface area contributed by atoms with Crippen LogP contribution in [0.4, 0.5) is 4.79 Å². The number of carbonyl (C=O) groups excluding carboxylic acids is 3. The molecular formula is C16H20N2O5. The summed E-state index contributed by atoms with van der Waals surface area (Å²) in [5, 5.41) is 2.65. The molecule has 1 heterocycles. The van der Waals surface area contributed by atoms with Crippen LogP contribution in [0.1, 0.15) is 25.0 Å². The van der Waals surface area contributed by atoms with E-state index < -0.39 is 30.0 Å². The van der Waals surface area contributed by atoms with Gasteiger partial charge in [0, 0.05) is 0 Å². The molecular weight excluding hydrogens is 300 g/mol. The van der Waals surface area contributed by atoms with Crippen LogP contribution in [0.25, 0.3) is 0 Å². The maximum Gasteiger partial charge on any atom is 0.326 e. The number of esters is 1. The zero-order chi connectivity index (χ0) is 17.2. The molecule has 0 aliphatic carbocycles. The van der Waals surface area contributed by atoms with Crippen LogP contribution in [-0.4, -0.2) is 43.1 Å². The van der Waals surface area contributed by atoms with Gasteiger partial charge in [-0.3, -0.25) is 14.5 Å². The molecule has 0 saturated carbocycles. The van der Waals surface area contributed by atoms with Crippen LogP contribution in [-0.2, 0) is 19.9 Å². The molecule has 1 aromatic carbocycles. The van der Waals surface area contributed by atoms with Gasteiger partial charge in [0.15, 0.2) is 0 Å². The van der Waals surface area contributed by atoms with E-state index in [0.717, 1.165) is 10.5 Å². The lowest BCUT2D eigenvalue weighted by Gasteiger charge is -2.23. The number of nitrogens with one attached hydrogen (secondary N) is 1. The van der Waals surface area contributed by atoms with Crippen molar-refractivity contribution < 1.29 is 23.9 Å². The van der Waals surface area contributed by atoms with Crippen molar-refractivity contribution >= 4 is 17.9 Å². The van der Waals surface area contributed by atoms with E-state index in [4.69, 9.17) is 9.47 Å². The fourth-order valence-corrected chi connectivity index (χ4v) is 2.56. The lowest BCUT2D eigenvalue weighted by Crippen LogP contribution is -2.41. The van der Waals surface area contributed by atoms with Crippen molar-refractivity contribution in [2.24, 2.45) is 0 Å². The van der Waals surface area contributed by atoms with E-state index in [2.05, 4.69) is 5.32 Å². The molecule has 7 nitrogen and oxygen atoms in total. The standard InChI is InChI=1S/C16H20N2O5/c1-5-23-13(19)9-18-14(20)16(3,17-15(18)21)11-6-7-12(22-4)10(2)8-11/h6-8H,5,9H2,1-4H3,(H,17,21)/t16-/m0/s1. The first-order chi connectivity index (χ1) is 10.8. The number of carbonyl (C=O) groups is 3. The molecule has 7 heteroatoms.